The Hall–Kier alpha value is -2.92. The predicted octanol–water partition coefficient (Wildman–Crippen LogP) is 4.48. The number of alkyl halides is 2. The molecule has 0 atom stereocenters. The van der Waals surface area contributed by atoms with Gasteiger partial charge in [0.2, 0.25) is 11.8 Å². The van der Waals surface area contributed by atoms with Crippen LogP contribution in [0.2, 0.25) is 0 Å². The number of hydrogen-bond donors (Lipinski definition) is 1. The van der Waals surface area contributed by atoms with Crippen LogP contribution < -0.4 is 15.0 Å². The van der Waals surface area contributed by atoms with Crippen LogP contribution in [0.5, 0.6) is 5.75 Å². The van der Waals surface area contributed by atoms with Gasteiger partial charge in [-0.2, -0.15) is 8.78 Å². The number of thiazole rings is 2. The maximum atomic E-state index is 12.4. The molecule has 0 aliphatic carbocycles. The van der Waals surface area contributed by atoms with E-state index in [2.05, 4.69) is 20.0 Å². The van der Waals surface area contributed by atoms with Crippen molar-refractivity contribution < 1.29 is 23.1 Å². The number of hydrogen-bond acceptors (Lipinski definition) is 7. The van der Waals surface area contributed by atoms with Crippen molar-refractivity contribution in [2.75, 3.05) is 16.8 Å². The molecule has 11 heteroatoms. The number of aryl methyl sites for hydroxylation is 1. The van der Waals surface area contributed by atoms with E-state index in [9.17, 15) is 18.4 Å². The molecule has 1 fully saturated rings. The minimum Gasteiger partial charge on any atom is -0.435 e. The SMILES string of the molecule is Cc1sc(NC(=O)Cc2csc(N3CCCC3=O)n2)nc1-c1ccc(OC(F)F)cc1. The minimum absolute atomic E-state index is 0.0601. The number of ether oxygens (including phenoxy) is 1. The molecule has 0 unspecified atom stereocenters. The van der Waals surface area contributed by atoms with Crippen LogP contribution in [-0.4, -0.2) is 34.9 Å². The monoisotopic (exact) mass is 464 g/mol. The van der Waals surface area contributed by atoms with Crippen LogP contribution in [0.25, 0.3) is 11.3 Å². The van der Waals surface area contributed by atoms with Crippen LogP contribution in [0, 0.1) is 6.92 Å². The van der Waals surface area contributed by atoms with Gasteiger partial charge in [0.05, 0.1) is 17.8 Å². The predicted molar refractivity (Wildman–Crippen MR) is 115 cm³/mol. The molecule has 1 N–H and O–H groups in total. The average molecular weight is 465 g/mol. The Bertz CT molecular complexity index is 1100. The number of carbonyl (C=O) groups is 2. The van der Waals surface area contributed by atoms with Gasteiger partial charge < -0.3 is 10.1 Å². The first-order valence-electron chi connectivity index (χ1n) is 9.46. The van der Waals surface area contributed by atoms with Gasteiger partial charge in [0.15, 0.2) is 10.3 Å². The Morgan fingerprint density at radius 1 is 1.29 bits per heavy atom. The van der Waals surface area contributed by atoms with Gasteiger partial charge in [0.1, 0.15) is 5.75 Å². The highest BCUT2D eigenvalue weighted by Gasteiger charge is 2.24. The highest BCUT2D eigenvalue weighted by atomic mass is 32.1. The number of amides is 2. The first kappa shape index (κ1) is 21.3. The van der Waals surface area contributed by atoms with Crippen molar-refractivity contribution in [3.05, 3.63) is 40.2 Å². The summed E-state index contributed by atoms with van der Waals surface area (Å²) >= 11 is 2.68. The summed E-state index contributed by atoms with van der Waals surface area (Å²) in [5.41, 5.74) is 1.99. The zero-order valence-corrected chi connectivity index (χ0v) is 18.1. The van der Waals surface area contributed by atoms with Gasteiger partial charge in [-0.3, -0.25) is 14.5 Å². The summed E-state index contributed by atoms with van der Waals surface area (Å²) < 4.78 is 28.9. The molecular formula is C20H18F2N4O3S2. The zero-order chi connectivity index (χ0) is 22.0. The van der Waals surface area contributed by atoms with Gasteiger partial charge in [-0.1, -0.05) is 0 Å². The normalized spacial score (nSPS) is 13.8. The molecule has 7 nitrogen and oxygen atoms in total. The molecule has 0 radical (unpaired) electrons. The topological polar surface area (TPSA) is 84.4 Å². The third-order valence-electron chi connectivity index (χ3n) is 4.58. The lowest BCUT2D eigenvalue weighted by molar-refractivity contribution is -0.117. The molecule has 0 spiro atoms. The maximum Gasteiger partial charge on any atom is 0.387 e. The Kier molecular flexibility index (Phi) is 6.23. The van der Waals surface area contributed by atoms with Crippen molar-refractivity contribution in [1.82, 2.24) is 9.97 Å². The molecule has 1 saturated heterocycles. The molecule has 3 aromatic rings. The molecule has 31 heavy (non-hydrogen) atoms. The Morgan fingerprint density at radius 2 is 2.06 bits per heavy atom. The van der Waals surface area contributed by atoms with Crippen LogP contribution >= 0.6 is 22.7 Å². The van der Waals surface area contributed by atoms with E-state index < -0.39 is 6.61 Å². The second kappa shape index (κ2) is 9.06. The highest BCUT2D eigenvalue weighted by Crippen LogP contribution is 2.32. The van der Waals surface area contributed by atoms with Crippen molar-refractivity contribution in [3.8, 4) is 17.0 Å². The molecule has 2 aromatic heterocycles. The molecule has 1 aliphatic rings. The molecule has 162 valence electrons. The quantitative estimate of drug-likeness (QED) is 0.557. The zero-order valence-electron chi connectivity index (χ0n) is 16.4. The summed E-state index contributed by atoms with van der Waals surface area (Å²) in [6.07, 6.45) is 1.43. The lowest BCUT2D eigenvalue weighted by Gasteiger charge is -2.10. The van der Waals surface area contributed by atoms with Crippen LogP contribution in [0.15, 0.2) is 29.6 Å². The van der Waals surface area contributed by atoms with Gasteiger partial charge in [-0.15, -0.1) is 22.7 Å². The Balaban J connectivity index is 1.39. The summed E-state index contributed by atoms with van der Waals surface area (Å²) in [5, 5.41) is 5.62. The molecule has 1 aromatic carbocycles. The summed E-state index contributed by atoms with van der Waals surface area (Å²) in [6.45, 7) is -0.348. The second-order valence-electron chi connectivity index (χ2n) is 6.82. The first-order valence-corrected chi connectivity index (χ1v) is 11.2. The fourth-order valence-electron chi connectivity index (χ4n) is 3.19. The fraction of sp³-hybridized carbons (Fsp3) is 0.300. The number of halogens is 2. The lowest BCUT2D eigenvalue weighted by Crippen LogP contribution is -2.23. The molecular weight excluding hydrogens is 446 g/mol. The first-order chi connectivity index (χ1) is 14.9. The van der Waals surface area contributed by atoms with Crippen molar-refractivity contribution in [2.24, 2.45) is 0 Å². The minimum atomic E-state index is -2.88. The van der Waals surface area contributed by atoms with E-state index in [1.54, 1.807) is 22.4 Å². The van der Waals surface area contributed by atoms with E-state index in [-0.39, 0.29) is 24.0 Å². The number of rotatable bonds is 7. The molecule has 0 bridgehead atoms. The lowest BCUT2D eigenvalue weighted by atomic mass is 10.1. The van der Waals surface area contributed by atoms with Gasteiger partial charge in [-0.05, 0) is 37.6 Å². The number of benzene rings is 1. The molecule has 2 amide bonds. The standard InChI is InChI=1S/C20H18F2N4O3S2/c1-11-17(12-4-6-14(7-5-12)29-18(21)22)25-19(31-11)24-15(27)9-13-10-30-20(23-13)26-8-2-3-16(26)28/h4-7,10,18H,2-3,8-9H2,1H3,(H,24,25,27). The number of carbonyl (C=O) groups excluding carboxylic acids is 2. The Morgan fingerprint density at radius 3 is 2.74 bits per heavy atom. The van der Waals surface area contributed by atoms with E-state index in [4.69, 9.17) is 0 Å². The van der Waals surface area contributed by atoms with Gasteiger partial charge in [-0.25, -0.2) is 9.97 Å². The highest BCUT2D eigenvalue weighted by molar-refractivity contribution is 7.16. The second-order valence-corrected chi connectivity index (χ2v) is 8.86. The van der Waals surface area contributed by atoms with E-state index in [0.717, 1.165) is 16.9 Å². The number of anilines is 2. The fourth-order valence-corrected chi connectivity index (χ4v) is 4.91. The average Bonchev–Trinajstić information content (AvgIpc) is 3.42. The number of nitrogens with zero attached hydrogens (tertiary/aromatic N) is 3. The molecule has 4 rings (SSSR count). The smallest absolute Gasteiger partial charge is 0.387 e. The summed E-state index contributed by atoms with van der Waals surface area (Å²) in [7, 11) is 0. The third kappa shape index (κ3) is 5.05. The van der Waals surface area contributed by atoms with E-state index in [1.165, 1.54) is 34.8 Å². The molecule has 3 heterocycles. The van der Waals surface area contributed by atoms with Crippen molar-refractivity contribution in [3.63, 3.8) is 0 Å². The van der Waals surface area contributed by atoms with Gasteiger partial charge in [0, 0.05) is 28.8 Å². The number of aromatic nitrogens is 2. The Labute approximate surface area is 184 Å². The number of nitrogens with one attached hydrogen (secondary N) is 1. The largest absolute Gasteiger partial charge is 0.435 e. The summed E-state index contributed by atoms with van der Waals surface area (Å²) in [6, 6.07) is 6.18. The van der Waals surface area contributed by atoms with Crippen LogP contribution in [0.4, 0.5) is 19.0 Å². The summed E-state index contributed by atoms with van der Waals surface area (Å²) in [4.78, 5) is 35.7. The third-order valence-corrected chi connectivity index (χ3v) is 6.38. The van der Waals surface area contributed by atoms with E-state index in [1.807, 2.05) is 6.92 Å². The van der Waals surface area contributed by atoms with E-state index >= 15 is 0 Å². The van der Waals surface area contributed by atoms with Gasteiger partial charge in [0.25, 0.3) is 0 Å². The summed E-state index contributed by atoms with van der Waals surface area (Å²) in [5.74, 6) is -0.131. The van der Waals surface area contributed by atoms with Crippen molar-refractivity contribution in [1.29, 1.82) is 0 Å². The van der Waals surface area contributed by atoms with Crippen LogP contribution in [-0.2, 0) is 16.0 Å². The van der Waals surface area contributed by atoms with E-state index in [0.29, 0.717) is 34.6 Å². The van der Waals surface area contributed by atoms with Crippen LogP contribution in [0.1, 0.15) is 23.4 Å². The molecule has 1 aliphatic heterocycles. The van der Waals surface area contributed by atoms with Crippen molar-refractivity contribution in [2.45, 2.75) is 32.8 Å². The van der Waals surface area contributed by atoms with Gasteiger partial charge >= 0.3 is 6.61 Å². The molecule has 0 saturated carbocycles. The maximum absolute atomic E-state index is 12.4. The van der Waals surface area contributed by atoms with Crippen molar-refractivity contribution >= 4 is 44.8 Å². The van der Waals surface area contributed by atoms with Crippen LogP contribution in [0.3, 0.4) is 0 Å².